The highest BCUT2D eigenvalue weighted by molar-refractivity contribution is 7.90. The van der Waals surface area contributed by atoms with Gasteiger partial charge in [0.05, 0.1) is 4.90 Å². The second-order valence-electron chi connectivity index (χ2n) is 4.39. The zero-order valence-corrected chi connectivity index (χ0v) is 13.1. The van der Waals surface area contributed by atoms with Gasteiger partial charge in [0.25, 0.3) is 0 Å². The number of anilines is 1. The van der Waals surface area contributed by atoms with Gasteiger partial charge in [0, 0.05) is 28.5 Å². The first-order valence-corrected chi connectivity index (χ1v) is 8.49. The second-order valence-corrected chi connectivity index (χ2v) is 7.25. The molecule has 0 aliphatic heterocycles. The van der Waals surface area contributed by atoms with Crippen molar-refractivity contribution in [3.63, 3.8) is 0 Å². The van der Waals surface area contributed by atoms with Gasteiger partial charge in [-0.15, -0.1) is 0 Å². The molecule has 6 heteroatoms. The van der Waals surface area contributed by atoms with Crippen molar-refractivity contribution in [1.82, 2.24) is 0 Å². The molecule has 0 saturated carbocycles. The van der Waals surface area contributed by atoms with E-state index in [2.05, 4.69) is 5.32 Å². The molecule has 1 N–H and O–H groups in total. The van der Waals surface area contributed by atoms with Crippen LogP contribution in [-0.4, -0.2) is 14.7 Å². The fraction of sp³-hybridized carbons (Fsp3) is 0.143. The van der Waals surface area contributed by atoms with E-state index in [9.17, 15) is 8.42 Å². The molecule has 2 rings (SSSR count). The minimum absolute atomic E-state index is 0.277. The molecule has 20 heavy (non-hydrogen) atoms. The largest absolute Gasteiger partial charge is 0.381 e. The van der Waals surface area contributed by atoms with E-state index in [1.807, 2.05) is 0 Å². The Morgan fingerprint density at radius 1 is 1.10 bits per heavy atom. The Balaban J connectivity index is 2.17. The Kier molecular flexibility index (Phi) is 4.58. The van der Waals surface area contributed by atoms with Crippen molar-refractivity contribution in [2.75, 3.05) is 11.6 Å². The average Bonchev–Trinajstić information content (AvgIpc) is 2.39. The van der Waals surface area contributed by atoms with Gasteiger partial charge in [0.2, 0.25) is 0 Å². The zero-order valence-electron chi connectivity index (χ0n) is 10.7. The molecule has 0 aliphatic rings. The monoisotopic (exact) mass is 329 g/mol. The summed E-state index contributed by atoms with van der Waals surface area (Å²) in [6.07, 6.45) is 1.18. The summed E-state index contributed by atoms with van der Waals surface area (Å²) in [6.45, 7) is 0.465. The fourth-order valence-electron chi connectivity index (χ4n) is 1.71. The predicted molar refractivity (Wildman–Crippen MR) is 83.3 cm³/mol. The molecule has 0 amide bonds. The van der Waals surface area contributed by atoms with E-state index < -0.39 is 9.84 Å². The summed E-state index contributed by atoms with van der Waals surface area (Å²) in [4.78, 5) is 0.277. The number of rotatable bonds is 4. The number of benzene rings is 2. The van der Waals surface area contributed by atoms with Crippen molar-refractivity contribution in [2.45, 2.75) is 11.4 Å². The van der Waals surface area contributed by atoms with Crippen LogP contribution < -0.4 is 5.32 Å². The molecule has 0 radical (unpaired) electrons. The van der Waals surface area contributed by atoms with E-state index in [0.29, 0.717) is 22.3 Å². The summed E-state index contributed by atoms with van der Waals surface area (Å²) < 4.78 is 23.0. The third-order valence-corrected chi connectivity index (χ3v) is 4.47. The van der Waals surface area contributed by atoms with E-state index in [1.165, 1.54) is 6.26 Å². The lowest BCUT2D eigenvalue weighted by atomic mass is 10.2. The van der Waals surface area contributed by atoms with Crippen LogP contribution in [0.2, 0.25) is 10.0 Å². The number of nitrogens with one attached hydrogen (secondary N) is 1. The summed E-state index contributed by atoms with van der Waals surface area (Å²) in [5, 5.41) is 4.35. The first-order chi connectivity index (χ1) is 9.36. The molecule has 0 heterocycles. The summed E-state index contributed by atoms with van der Waals surface area (Å²) in [5.74, 6) is 0. The summed E-state index contributed by atoms with van der Waals surface area (Å²) >= 11 is 12.0. The minimum Gasteiger partial charge on any atom is -0.381 e. The topological polar surface area (TPSA) is 46.2 Å². The van der Waals surface area contributed by atoms with Gasteiger partial charge in [-0.05, 0) is 42.0 Å². The van der Waals surface area contributed by atoms with Crippen molar-refractivity contribution in [3.05, 3.63) is 58.1 Å². The van der Waals surface area contributed by atoms with Crippen molar-refractivity contribution >= 4 is 38.7 Å². The molecule has 2 aromatic carbocycles. The molecule has 0 bridgehead atoms. The van der Waals surface area contributed by atoms with E-state index in [1.54, 1.807) is 42.5 Å². The smallest absolute Gasteiger partial charge is 0.175 e. The highest BCUT2D eigenvalue weighted by Crippen LogP contribution is 2.22. The van der Waals surface area contributed by atoms with Gasteiger partial charge in [-0.2, -0.15) is 0 Å². The molecule has 0 aliphatic carbocycles. The van der Waals surface area contributed by atoms with Gasteiger partial charge >= 0.3 is 0 Å². The number of halogens is 2. The molecule has 0 spiro atoms. The first-order valence-electron chi connectivity index (χ1n) is 5.84. The van der Waals surface area contributed by atoms with Crippen molar-refractivity contribution < 1.29 is 8.42 Å². The Bertz CT molecular complexity index is 730. The summed E-state index contributed by atoms with van der Waals surface area (Å²) in [6, 6.07) is 11.9. The quantitative estimate of drug-likeness (QED) is 0.921. The summed E-state index contributed by atoms with van der Waals surface area (Å²) in [7, 11) is -3.21. The number of hydrogen-bond acceptors (Lipinski definition) is 3. The standard InChI is InChI=1S/C14H13Cl2NO2S/c1-20(18,19)13-4-2-3-12(8-13)17-9-10-7-11(15)5-6-14(10)16/h2-8,17H,9H2,1H3. The van der Waals surface area contributed by atoms with Crippen LogP contribution in [0.3, 0.4) is 0 Å². The number of hydrogen-bond donors (Lipinski definition) is 1. The van der Waals surface area contributed by atoms with Gasteiger partial charge in [-0.25, -0.2) is 8.42 Å². The molecule has 0 saturated heterocycles. The lowest BCUT2D eigenvalue weighted by Crippen LogP contribution is -2.02. The lowest BCUT2D eigenvalue weighted by molar-refractivity contribution is 0.602. The molecule has 3 nitrogen and oxygen atoms in total. The van der Waals surface area contributed by atoms with Crippen molar-refractivity contribution in [2.24, 2.45) is 0 Å². The third kappa shape index (κ3) is 3.88. The molecule has 0 aromatic heterocycles. The highest BCUT2D eigenvalue weighted by Gasteiger charge is 2.07. The SMILES string of the molecule is CS(=O)(=O)c1cccc(NCc2cc(Cl)ccc2Cl)c1. The van der Waals surface area contributed by atoms with Crippen LogP contribution in [0.15, 0.2) is 47.4 Å². The lowest BCUT2D eigenvalue weighted by Gasteiger charge is -2.09. The summed E-state index contributed by atoms with van der Waals surface area (Å²) in [5.41, 5.74) is 1.56. The predicted octanol–water partition coefficient (Wildman–Crippen LogP) is 4.01. The Hall–Kier alpha value is -1.23. The van der Waals surface area contributed by atoms with Crippen LogP contribution in [-0.2, 0) is 16.4 Å². The zero-order chi connectivity index (χ0) is 14.8. The maximum absolute atomic E-state index is 11.5. The fourth-order valence-corrected chi connectivity index (χ4v) is 2.76. The van der Waals surface area contributed by atoms with Crippen LogP contribution >= 0.6 is 23.2 Å². The van der Waals surface area contributed by atoms with Crippen LogP contribution in [0.25, 0.3) is 0 Å². The first kappa shape index (κ1) is 15.2. The minimum atomic E-state index is -3.21. The Morgan fingerprint density at radius 3 is 2.55 bits per heavy atom. The molecule has 106 valence electrons. The van der Waals surface area contributed by atoms with Crippen LogP contribution in [0.1, 0.15) is 5.56 Å². The van der Waals surface area contributed by atoms with Gasteiger partial charge in [0.15, 0.2) is 9.84 Å². The van der Waals surface area contributed by atoms with Crippen LogP contribution in [0, 0.1) is 0 Å². The maximum atomic E-state index is 11.5. The Labute approximate surface area is 128 Å². The second kappa shape index (κ2) is 6.04. The van der Waals surface area contributed by atoms with Gasteiger partial charge in [0.1, 0.15) is 0 Å². The third-order valence-electron chi connectivity index (χ3n) is 2.75. The molecule has 0 atom stereocenters. The van der Waals surface area contributed by atoms with Gasteiger partial charge in [-0.3, -0.25) is 0 Å². The number of sulfone groups is 1. The molecular weight excluding hydrogens is 317 g/mol. The molecular formula is C14H13Cl2NO2S. The highest BCUT2D eigenvalue weighted by atomic mass is 35.5. The van der Waals surface area contributed by atoms with Crippen molar-refractivity contribution in [1.29, 1.82) is 0 Å². The van der Waals surface area contributed by atoms with E-state index in [0.717, 1.165) is 5.56 Å². The van der Waals surface area contributed by atoms with E-state index in [4.69, 9.17) is 23.2 Å². The van der Waals surface area contributed by atoms with Crippen molar-refractivity contribution in [3.8, 4) is 0 Å². The van der Waals surface area contributed by atoms with E-state index >= 15 is 0 Å². The van der Waals surface area contributed by atoms with Gasteiger partial charge in [-0.1, -0.05) is 29.3 Å². The normalized spacial score (nSPS) is 11.3. The van der Waals surface area contributed by atoms with Gasteiger partial charge < -0.3 is 5.32 Å². The average molecular weight is 330 g/mol. The Morgan fingerprint density at radius 2 is 1.85 bits per heavy atom. The molecule has 2 aromatic rings. The molecule has 0 unspecified atom stereocenters. The molecule has 0 fully saturated rings. The van der Waals surface area contributed by atoms with Crippen LogP contribution in [0.4, 0.5) is 5.69 Å². The van der Waals surface area contributed by atoms with Crippen LogP contribution in [0.5, 0.6) is 0 Å². The maximum Gasteiger partial charge on any atom is 0.175 e. The van der Waals surface area contributed by atoms with E-state index in [-0.39, 0.29) is 4.90 Å².